The van der Waals surface area contributed by atoms with Gasteiger partial charge in [-0.3, -0.25) is 14.4 Å². The second-order valence-corrected chi connectivity index (χ2v) is 5.08. The summed E-state index contributed by atoms with van der Waals surface area (Å²) in [5.74, 6) is -0.445. The zero-order valence-electron chi connectivity index (χ0n) is 12.1. The topological polar surface area (TPSA) is 99.8 Å². The lowest BCUT2D eigenvalue weighted by molar-refractivity contribution is 0.102. The molecule has 3 N–H and O–H groups in total. The molecule has 3 rings (SSSR count). The van der Waals surface area contributed by atoms with Crippen LogP contribution in [0.25, 0.3) is 10.9 Å². The largest absolute Gasteiger partial charge is 0.360 e. The maximum Gasteiger partial charge on any atom is 0.260 e. The fourth-order valence-electron chi connectivity index (χ4n) is 2.45. The molecule has 0 bridgehead atoms. The molecule has 0 radical (unpaired) electrons. The van der Waals surface area contributed by atoms with E-state index in [-0.39, 0.29) is 16.7 Å². The SMILES string of the molecule is Cc1cn(C)c(=O)c2c(C(=O)Nc3cc[nH]c(=O)c3)c[nH]c12. The zero-order valence-corrected chi connectivity index (χ0v) is 12.1. The quantitative estimate of drug-likeness (QED) is 0.661. The number of rotatable bonds is 2. The number of carbonyl (C=O) groups excluding carboxylic acids is 1. The van der Waals surface area contributed by atoms with Crippen LogP contribution in [0.2, 0.25) is 0 Å². The molecule has 0 saturated heterocycles. The van der Waals surface area contributed by atoms with Gasteiger partial charge in [0.25, 0.3) is 11.5 Å². The summed E-state index contributed by atoms with van der Waals surface area (Å²) in [4.78, 5) is 41.3. The van der Waals surface area contributed by atoms with Crippen molar-refractivity contribution < 1.29 is 4.79 Å². The molecule has 0 spiro atoms. The number of hydrogen-bond donors (Lipinski definition) is 3. The fraction of sp³-hybridized carbons (Fsp3) is 0.133. The summed E-state index contributed by atoms with van der Waals surface area (Å²) < 4.78 is 1.44. The average Bonchev–Trinajstić information content (AvgIpc) is 2.90. The first-order valence-electron chi connectivity index (χ1n) is 6.65. The van der Waals surface area contributed by atoms with Crippen LogP contribution < -0.4 is 16.4 Å². The number of nitrogens with one attached hydrogen (secondary N) is 3. The third-order valence-electron chi connectivity index (χ3n) is 3.47. The highest BCUT2D eigenvalue weighted by atomic mass is 16.2. The highest BCUT2D eigenvalue weighted by Gasteiger charge is 2.17. The van der Waals surface area contributed by atoms with Crippen LogP contribution in [0, 0.1) is 6.92 Å². The summed E-state index contributed by atoms with van der Waals surface area (Å²) in [6.07, 6.45) is 4.65. The number of fused-ring (bicyclic) bond motifs is 1. The third-order valence-corrected chi connectivity index (χ3v) is 3.47. The van der Waals surface area contributed by atoms with E-state index in [1.165, 1.54) is 23.0 Å². The molecule has 3 aromatic heterocycles. The summed E-state index contributed by atoms with van der Waals surface area (Å²) in [6.45, 7) is 1.86. The Labute approximate surface area is 124 Å². The van der Waals surface area contributed by atoms with Crippen molar-refractivity contribution in [2.45, 2.75) is 6.92 Å². The summed E-state index contributed by atoms with van der Waals surface area (Å²) in [5, 5.41) is 2.95. The number of hydrogen-bond acceptors (Lipinski definition) is 3. The number of carbonyl (C=O) groups is 1. The molecule has 7 nitrogen and oxygen atoms in total. The minimum atomic E-state index is -0.445. The standard InChI is InChI=1S/C15H14N4O3/c1-8-7-19(2)15(22)12-10(6-17-13(8)12)14(21)18-9-3-4-16-11(20)5-9/h3-7,17H,1-2H3,(H2,16,18,20,21). The van der Waals surface area contributed by atoms with Crippen LogP contribution in [0.15, 0.2) is 40.3 Å². The Balaban J connectivity index is 2.09. The molecule has 0 saturated carbocycles. The second-order valence-electron chi connectivity index (χ2n) is 5.08. The monoisotopic (exact) mass is 298 g/mol. The van der Waals surface area contributed by atoms with Crippen molar-refractivity contribution >= 4 is 22.5 Å². The number of aromatic amines is 2. The van der Waals surface area contributed by atoms with Crippen molar-refractivity contribution in [3.63, 3.8) is 0 Å². The van der Waals surface area contributed by atoms with Gasteiger partial charge in [-0.2, -0.15) is 0 Å². The number of nitrogens with zero attached hydrogens (tertiary/aromatic N) is 1. The predicted molar refractivity (Wildman–Crippen MR) is 83.3 cm³/mol. The molecule has 0 fully saturated rings. The van der Waals surface area contributed by atoms with Crippen LogP contribution in [0.5, 0.6) is 0 Å². The van der Waals surface area contributed by atoms with Crippen molar-refractivity contribution in [1.29, 1.82) is 0 Å². The van der Waals surface area contributed by atoms with Gasteiger partial charge in [0.15, 0.2) is 0 Å². The van der Waals surface area contributed by atoms with Crippen molar-refractivity contribution in [1.82, 2.24) is 14.5 Å². The highest BCUT2D eigenvalue weighted by Crippen LogP contribution is 2.18. The van der Waals surface area contributed by atoms with E-state index in [1.54, 1.807) is 19.3 Å². The lowest BCUT2D eigenvalue weighted by Gasteiger charge is -2.05. The van der Waals surface area contributed by atoms with Gasteiger partial charge in [0.1, 0.15) is 0 Å². The van der Waals surface area contributed by atoms with E-state index in [2.05, 4.69) is 15.3 Å². The minimum absolute atomic E-state index is 0.250. The number of pyridine rings is 2. The summed E-state index contributed by atoms with van der Waals surface area (Å²) in [7, 11) is 1.64. The first kappa shape index (κ1) is 13.9. The van der Waals surface area contributed by atoms with Gasteiger partial charge in [-0.05, 0) is 18.6 Å². The van der Waals surface area contributed by atoms with Gasteiger partial charge >= 0.3 is 0 Å². The number of H-pyrrole nitrogens is 2. The van der Waals surface area contributed by atoms with E-state index in [9.17, 15) is 14.4 Å². The molecule has 22 heavy (non-hydrogen) atoms. The minimum Gasteiger partial charge on any atom is -0.360 e. The molecule has 0 unspecified atom stereocenters. The van der Waals surface area contributed by atoms with E-state index in [0.717, 1.165) is 5.56 Å². The number of anilines is 1. The van der Waals surface area contributed by atoms with Crippen LogP contribution >= 0.6 is 0 Å². The predicted octanol–water partition coefficient (Wildman–Crippen LogP) is 1.12. The maximum absolute atomic E-state index is 12.4. The molecule has 0 aliphatic carbocycles. The Morgan fingerprint density at radius 1 is 1.27 bits per heavy atom. The Bertz CT molecular complexity index is 994. The van der Waals surface area contributed by atoms with Crippen LogP contribution in [0.1, 0.15) is 15.9 Å². The van der Waals surface area contributed by atoms with Crippen LogP contribution in [-0.4, -0.2) is 20.4 Å². The van der Waals surface area contributed by atoms with Crippen molar-refractivity contribution in [3.8, 4) is 0 Å². The Morgan fingerprint density at radius 3 is 2.77 bits per heavy atom. The lowest BCUT2D eigenvalue weighted by Crippen LogP contribution is -2.20. The van der Waals surface area contributed by atoms with Crippen molar-refractivity contribution in [2.24, 2.45) is 7.05 Å². The van der Waals surface area contributed by atoms with E-state index in [1.807, 2.05) is 6.92 Å². The number of amides is 1. The number of aryl methyl sites for hydroxylation is 2. The normalized spacial score (nSPS) is 10.8. The Kier molecular flexibility index (Phi) is 3.17. The van der Waals surface area contributed by atoms with Crippen LogP contribution in [0.3, 0.4) is 0 Å². The van der Waals surface area contributed by atoms with E-state index < -0.39 is 5.91 Å². The first-order chi connectivity index (χ1) is 10.5. The van der Waals surface area contributed by atoms with Gasteiger partial charge in [-0.25, -0.2) is 0 Å². The van der Waals surface area contributed by atoms with Gasteiger partial charge in [-0.15, -0.1) is 0 Å². The van der Waals surface area contributed by atoms with E-state index in [0.29, 0.717) is 16.6 Å². The van der Waals surface area contributed by atoms with E-state index >= 15 is 0 Å². The van der Waals surface area contributed by atoms with E-state index in [4.69, 9.17) is 0 Å². The van der Waals surface area contributed by atoms with Crippen molar-refractivity contribution in [3.05, 3.63) is 62.6 Å². The van der Waals surface area contributed by atoms with Gasteiger partial charge in [0, 0.05) is 37.4 Å². The molecule has 3 heterocycles. The summed E-state index contributed by atoms with van der Waals surface area (Å²) >= 11 is 0. The smallest absolute Gasteiger partial charge is 0.260 e. The van der Waals surface area contributed by atoms with Gasteiger partial charge in [-0.1, -0.05) is 0 Å². The molecule has 0 aliphatic heterocycles. The second kappa shape index (κ2) is 5.03. The summed E-state index contributed by atoms with van der Waals surface area (Å²) in [6, 6.07) is 2.84. The maximum atomic E-state index is 12.4. The molecule has 0 aliphatic rings. The Morgan fingerprint density at radius 2 is 2.05 bits per heavy atom. The van der Waals surface area contributed by atoms with Crippen molar-refractivity contribution in [2.75, 3.05) is 5.32 Å². The highest BCUT2D eigenvalue weighted by molar-refractivity contribution is 6.12. The molecule has 0 atom stereocenters. The molecular formula is C15H14N4O3. The molecular weight excluding hydrogens is 284 g/mol. The molecule has 1 amide bonds. The molecule has 7 heteroatoms. The number of aromatic nitrogens is 3. The van der Waals surface area contributed by atoms with Crippen LogP contribution in [0.4, 0.5) is 5.69 Å². The van der Waals surface area contributed by atoms with Gasteiger partial charge in [0.2, 0.25) is 5.56 Å². The Hall–Kier alpha value is -3.09. The lowest BCUT2D eigenvalue weighted by atomic mass is 10.1. The van der Waals surface area contributed by atoms with Crippen LogP contribution in [-0.2, 0) is 7.05 Å². The third kappa shape index (κ3) is 2.22. The summed E-state index contributed by atoms with van der Waals surface area (Å²) in [5.41, 5.74) is 1.56. The molecule has 3 aromatic rings. The average molecular weight is 298 g/mol. The molecule has 112 valence electrons. The van der Waals surface area contributed by atoms with Gasteiger partial charge < -0.3 is 19.9 Å². The fourth-order valence-corrected chi connectivity index (χ4v) is 2.45. The zero-order chi connectivity index (χ0) is 15.9. The van der Waals surface area contributed by atoms with Gasteiger partial charge in [0.05, 0.1) is 16.5 Å². The first-order valence-corrected chi connectivity index (χ1v) is 6.65. The molecule has 0 aromatic carbocycles.